The summed E-state index contributed by atoms with van der Waals surface area (Å²) in [5.74, 6) is 0.275. The highest BCUT2D eigenvalue weighted by Gasteiger charge is 2.29. The highest BCUT2D eigenvalue weighted by atomic mass is 35.5. The van der Waals surface area contributed by atoms with Gasteiger partial charge in [-0.15, -0.1) is 5.10 Å². The molecule has 190 valence electrons. The van der Waals surface area contributed by atoms with Crippen LogP contribution in [0.2, 0.25) is 0 Å². The first-order valence-electron chi connectivity index (χ1n) is 11.9. The summed E-state index contributed by atoms with van der Waals surface area (Å²) in [5.41, 5.74) is 1.01. The third kappa shape index (κ3) is 7.07. The molecule has 35 heavy (non-hydrogen) atoms. The summed E-state index contributed by atoms with van der Waals surface area (Å²) in [4.78, 5) is 28.0. The van der Waals surface area contributed by atoms with Crippen LogP contribution in [0.15, 0.2) is 46.4 Å². The van der Waals surface area contributed by atoms with Crippen LogP contribution in [0.1, 0.15) is 65.7 Å². The van der Waals surface area contributed by atoms with Crippen LogP contribution < -0.4 is 11.0 Å². The Bertz CT molecular complexity index is 1150. The zero-order valence-electron chi connectivity index (χ0n) is 21.1. The Morgan fingerprint density at radius 2 is 1.83 bits per heavy atom. The van der Waals surface area contributed by atoms with Crippen LogP contribution in [0.3, 0.4) is 0 Å². The van der Waals surface area contributed by atoms with E-state index in [2.05, 4.69) is 26.1 Å². The van der Waals surface area contributed by atoms with Gasteiger partial charge in [-0.05, 0) is 61.9 Å². The molecule has 0 aliphatic carbocycles. The Morgan fingerprint density at radius 3 is 2.40 bits per heavy atom. The first-order valence-corrected chi connectivity index (χ1v) is 12.3. The molecule has 0 bridgehead atoms. The Balaban J connectivity index is 1.88. The van der Waals surface area contributed by atoms with E-state index < -0.39 is 0 Å². The number of likely N-dealkylation sites (tertiary alicyclic amines) is 1. The lowest BCUT2D eigenvalue weighted by Crippen LogP contribution is -2.42. The fourth-order valence-electron chi connectivity index (χ4n) is 4.13. The summed E-state index contributed by atoms with van der Waals surface area (Å²) in [7, 11) is 0. The lowest BCUT2D eigenvalue weighted by molar-refractivity contribution is -0.134. The molecule has 7 nitrogen and oxygen atoms in total. The van der Waals surface area contributed by atoms with Crippen LogP contribution in [0.4, 0.5) is 4.39 Å². The molecule has 1 aliphatic heterocycles. The SMILES string of the molecule is C/C(Cl)=C\NC/C=C(\C)c1nn(C2CCN(C(=O)CC(C)(C)C)CC2)c(=O)n1-c1ccc(F)cc1. The molecule has 2 heterocycles. The fraction of sp³-hybridized carbons (Fsp3) is 0.500. The van der Waals surface area contributed by atoms with Crippen molar-refractivity contribution in [3.63, 3.8) is 0 Å². The van der Waals surface area contributed by atoms with Crippen molar-refractivity contribution in [3.8, 4) is 5.69 Å². The zero-order valence-corrected chi connectivity index (χ0v) is 21.9. The van der Waals surface area contributed by atoms with Crippen molar-refractivity contribution < 1.29 is 9.18 Å². The number of amides is 1. The van der Waals surface area contributed by atoms with E-state index in [1.54, 1.807) is 25.3 Å². The van der Waals surface area contributed by atoms with E-state index in [0.29, 0.717) is 55.4 Å². The molecule has 0 spiro atoms. The van der Waals surface area contributed by atoms with Gasteiger partial charge in [-0.2, -0.15) is 0 Å². The minimum Gasteiger partial charge on any atom is -0.386 e. The number of hydrogen-bond donors (Lipinski definition) is 1. The van der Waals surface area contributed by atoms with E-state index in [1.165, 1.54) is 21.4 Å². The molecule has 3 rings (SSSR count). The second-order valence-electron chi connectivity index (χ2n) is 10.2. The third-order valence-corrected chi connectivity index (χ3v) is 6.02. The summed E-state index contributed by atoms with van der Waals surface area (Å²) in [6.45, 7) is 11.5. The number of hydrogen-bond acceptors (Lipinski definition) is 4. The second-order valence-corrected chi connectivity index (χ2v) is 10.8. The maximum atomic E-state index is 13.6. The van der Waals surface area contributed by atoms with Gasteiger partial charge in [0.05, 0.1) is 11.7 Å². The molecule has 9 heteroatoms. The Hall–Kier alpha value is -2.87. The molecular formula is C26H35ClFN5O2. The summed E-state index contributed by atoms with van der Waals surface area (Å²) in [6, 6.07) is 5.69. The maximum Gasteiger partial charge on any atom is 0.351 e. The first kappa shape index (κ1) is 26.7. The number of allylic oxidation sites excluding steroid dienone is 2. The van der Waals surface area contributed by atoms with Crippen LogP contribution in [-0.4, -0.2) is 44.8 Å². The van der Waals surface area contributed by atoms with Crippen LogP contribution in [0.25, 0.3) is 11.3 Å². The molecule has 0 unspecified atom stereocenters. The number of piperidine rings is 1. The van der Waals surface area contributed by atoms with Crippen molar-refractivity contribution in [2.24, 2.45) is 5.41 Å². The quantitative estimate of drug-likeness (QED) is 0.547. The van der Waals surface area contributed by atoms with Crippen LogP contribution >= 0.6 is 11.6 Å². The number of carbonyl (C=O) groups excluding carboxylic acids is 1. The van der Waals surface area contributed by atoms with Gasteiger partial charge in [0.1, 0.15) is 5.82 Å². The van der Waals surface area contributed by atoms with Crippen LogP contribution in [0.5, 0.6) is 0 Å². The lowest BCUT2D eigenvalue weighted by Gasteiger charge is -2.33. The topological polar surface area (TPSA) is 72.2 Å². The molecule has 1 aromatic heterocycles. The van der Waals surface area contributed by atoms with Gasteiger partial charge in [-0.3, -0.25) is 4.79 Å². The normalized spacial score (nSPS) is 16.0. The van der Waals surface area contributed by atoms with Crippen LogP contribution in [-0.2, 0) is 4.79 Å². The summed E-state index contributed by atoms with van der Waals surface area (Å²) in [5, 5.41) is 8.43. The van der Waals surface area contributed by atoms with E-state index in [1.807, 2.05) is 17.9 Å². The molecule has 1 N–H and O–H groups in total. The predicted molar refractivity (Wildman–Crippen MR) is 138 cm³/mol. The standard InChI is InChI=1S/C26H35ClFN5O2/c1-18(10-13-29-17-19(2)27)24-30-33(25(35)32(24)21-8-6-20(28)7-9-21)22-11-14-31(15-12-22)23(34)16-26(3,4)5/h6-10,17,22,29H,11-16H2,1-5H3/b18-10+,19-17+. The van der Waals surface area contributed by atoms with Gasteiger partial charge < -0.3 is 10.2 Å². The van der Waals surface area contributed by atoms with E-state index >= 15 is 0 Å². The third-order valence-electron chi connectivity index (χ3n) is 5.91. The molecule has 1 saturated heterocycles. The second kappa shape index (κ2) is 11.2. The minimum atomic E-state index is -0.372. The Labute approximate surface area is 211 Å². The van der Waals surface area contributed by atoms with Crippen molar-refractivity contribution in [1.82, 2.24) is 24.6 Å². The van der Waals surface area contributed by atoms with Gasteiger partial charge in [0.25, 0.3) is 0 Å². The molecule has 1 amide bonds. The van der Waals surface area contributed by atoms with E-state index in [4.69, 9.17) is 16.7 Å². The van der Waals surface area contributed by atoms with Crippen molar-refractivity contribution in [2.45, 2.75) is 59.9 Å². The molecule has 1 fully saturated rings. The monoisotopic (exact) mass is 503 g/mol. The molecule has 0 radical (unpaired) electrons. The summed E-state index contributed by atoms with van der Waals surface area (Å²) >= 11 is 5.86. The zero-order chi connectivity index (χ0) is 25.8. The van der Waals surface area contributed by atoms with Gasteiger partial charge in [-0.1, -0.05) is 38.4 Å². The highest BCUT2D eigenvalue weighted by Crippen LogP contribution is 2.26. The molecule has 1 aromatic carbocycles. The van der Waals surface area contributed by atoms with Gasteiger partial charge >= 0.3 is 5.69 Å². The summed E-state index contributed by atoms with van der Waals surface area (Å²) in [6.07, 6.45) is 5.43. The van der Waals surface area contributed by atoms with E-state index in [9.17, 15) is 14.0 Å². The fourth-order valence-corrected chi connectivity index (χ4v) is 4.20. The number of halogens is 2. The summed E-state index contributed by atoms with van der Waals surface area (Å²) < 4.78 is 16.6. The van der Waals surface area contributed by atoms with Gasteiger partial charge in [0.15, 0.2) is 5.82 Å². The van der Waals surface area contributed by atoms with Gasteiger partial charge in [-0.25, -0.2) is 18.4 Å². The number of aromatic nitrogens is 3. The maximum absolute atomic E-state index is 13.6. The van der Waals surface area contributed by atoms with Gasteiger partial charge in [0.2, 0.25) is 5.91 Å². The smallest absolute Gasteiger partial charge is 0.351 e. The number of rotatable bonds is 7. The average molecular weight is 504 g/mol. The molecule has 1 aliphatic rings. The molecule has 0 atom stereocenters. The number of nitrogens with one attached hydrogen (secondary N) is 1. The average Bonchev–Trinajstić information content (AvgIpc) is 3.13. The van der Waals surface area contributed by atoms with Crippen LogP contribution in [0, 0.1) is 11.2 Å². The van der Waals surface area contributed by atoms with Crippen molar-refractivity contribution in [2.75, 3.05) is 19.6 Å². The Kier molecular flexibility index (Phi) is 8.59. The molecule has 2 aromatic rings. The largest absolute Gasteiger partial charge is 0.386 e. The van der Waals surface area contributed by atoms with Gasteiger partial charge in [0, 0.05) is 37.3 Å². The number of benzene rings is 1. The van der Waals surface area contributed by atoms with Crippen molar-refractivity contribution >= 4 is 23.1 Å². The number of nitrogens with zero attached hydrogens (tertiary/aromatic N) is 4. The lowest BCUT2D eigenvalue weighted by atomic mass is 9.91. The van der Waals surface area contributed by atoms with Crippen molar-refractivity contribution in [1.29, 1.82) is 0 Å². The number of carbonyl (C=O) groups is 1. The molecule has 0 saturated carbocycles. The van der Waals surface area contributed by atoms with E-state index in [0.717, 1.165) is 5.57 Å². The highest BCUT2D eigenvalue weighted by molar-refractivity contribution is 6.29. The van der Waals surface area contributed by atoms with Crippen molar-refractivity contribution in [3.05, 3.63) is 63.7 Å². The predicted octanol–water partition coefficient (Wildman–Crippen LogP) is 4.87. The van der Waals surface area contributed by atoms with E-state index in [-0.39, 0.29) is 28.9 Å². The molecular weight excluding hydrogens is 469 g/mol. The first-order chi connectivity index (χ1) is 16.5. The minimum absolute atomic E-state index is 0.0648. The Morgan fingerprint density at radius 1 is 1.20 bits per heavy atom.